The van der Waals surface area contributed by atoms with Crippen LogP contribution < -0.4 is 9.47 Å². The molecular formula is C43H62O4. The van der Waals surface area contributed by atoms with Gasteiger partial charge in [0.1, 0.15) is 11.5 Å². The minimum absolute atomic E-state index is 0.0145. The van der Waals surface area contributed by atoms with Crippen LogP contribution in [0.2, 0.25) is 0 Å². The van der Waals surface area contributed by atoms with Crippen LogP contribution in [-0.2, 0) is 4.74 Å². The van der Waals surface area contributed by atoms with Crippen LogP contribution in [-0.4, -0.2) is 19.2 Å². The molecule has 3 aromatic carbocycles. The Morgan fingerprint density at radius 1 is 0.511 bits per heavy atom. The number of rotatable bonds is 26. The Balaban J connectivity index is 1.21. The van der Waals surface area contributed by atoms with E-state index in [1.807, 2.05) is 72.8 Å². The van der Waals surface area contributed by atoms with Crippen molar-refractivity contribution in [3.63, 3.8) is 0 Å². The summed E-state index contributed by atoms with van der Waals surface area (Å²) in [6, 6.07) is 23.2. The van der Waals surface area contributed by atoms with Crippen molar-refractivity contribution in [2.75, 3.05) is 13.2 Å². The molecule has 1 atom stereocenters. The topological polar surface area (TPSA) is 44.8 Å². The first-order chi connectivity index (χ1) is 23.1. The lowest BCUT2D eigenvalue weighted by Gasteiger charge is -2.14. The fourth-order valence-corrected chi connectivity index (χ4v) is 5.92. The van der Waals surface area contributed by atoms with Gasteiger partial charge in [-0.25, -0.2) is 4.79 Å². The van der Waals surface area contributed by atoms with Crippen LogP contribution in [0.3, 0.4) is 0 Å². The lowest BCUT2D eigenvalue weighted by atomic mass is 10.0. The average Bonchev–Trinajstić information content (AvgIpc) is 3.10. The van der Waals surface area contributed by atoms with Crippen molar-refractivity contribution in [3.8, 4) is 22.6 Å². The third kappa shape index (κ3) is 16.0. The normalized spacial score (nSPS) is 11.8. The van der Waals surface area contributed by atoms with E-state index >= 15 is 0 Å². The SMILES string of the molecule is CCCCCCCCCCCCCCCCCCCOC(C)c1ccc(OC(=O)c2ccc(-c3ccc(OCCC)cc3)cc2)cc1. The average molecular weight is 643 g/mol. The molecule has 3 aromatic rings. The van der Waals surface area contributed by atoms with Crippen LogP contribution in [0.15, 0.2) is 72.8 Å². The van der Waals surface area contributed by atoms with Gasteiger partial charge in [0.15, 0.2) is 0 Å². The predicted molar refractivity (Wildman–Crippen MR) is 198 cm³/mol. The van der Waals surface area contributed by atoms with E-state index in [4.69, 9.17) is 14.2 Å². The van der Waals surface area contributed by atoms with Crippen molar-refractivity contribution in [2.45, 2.75) is 142 Å². The summed E-state index contributed by atoms with van der Waals surface area (Å²) >= 11 is 0. The molecule has 0 bridgehead atoms. The molecule has 0 saturated carbocycles. The number of ether oxygens (including phenoxy) is 3. The van der Waals surface area contributed by atoms with E-state index in [0.29, 0.717) is 17.9 Å². The third-order valence-electron chi connectivity index (χ3n) is 8.96. The molecule has 0 aliphatic carbocycles. The highest BCUT2D eigenvalue weighted by Gasteiger charge is 2.11. The molecule has 0 radical (unpaired) electrons. The predicted octanol–water partition coefficient (Wildman–Crippen LogP) is 13.1. The van der Waals surface area contributed by atoms with E-state index in [-0.39, 0.29) is 12.1 Å². The van der Waals surface area contributed by atoms with Crippen molar-refractivity contribution in [1.29, 1.82) is 0 Å². The lowest BCUT2D eigenvalue weighted by Crippen LogP contribution is -2.08. The quantitative estimate of drug-likeness (QED) is 0.0496. The molecule has 0 N–H and O–H groups in total. The summed E-state index contributed by atoms with van der Waals surface area (Å²) in [4.78, 5) is 12.8. The summed E-state index contributed by atoms with van der Waals surface area (Å²) in [5.74, 6) is 1.04. The molecule has 1 unspecified atom stereocenters. The van der Waals surface area contributed by atoms with Crippen molar-refractivity contribution >= 4 is 5.97 Å². The smallest absolute Gasteiger partial charge is 0.343 e. The molecule has 0 heterocycles. The zero-order valence-electron chi connectivity index (χ0n) is 29.8. The first kappa shape index (κ1) is 38.3. The minimum Gasteiger partial charge on any atom is -0.494 e. The van der Waals surface area contributed by atoms with Crippen molar-refractivity contribution < 1.29 is 19.0 Å². The number of carbonyl (C=O) groups is 1. The maximum atomic E-state index is 12.8. The van der Waals surface area contributed by atoms with Gasteiger partial charge in [0.25, 0.3) is 0 Å². The second kappa shape index (κ2) is 24.1. The number of benzene rings is 3. The summed E-state index contributed by atoms with van der Waals surface area (Å²) in [7, 11) is 0. The van der Waals surface area contributed by atoms with Gasteiger partial charge in [0, 0.05) is 6.61 Å². The molecule has 47 heavy (non-hydrogen) atoms. The highest BCUT2D eigenvalue weighted by molar-refractivity contribution is 5.91. The molecule has 4 nitrogen and oxygen atoms in total. The van der Waals surface area contributed by atoms with E-state index in [1.54, 1.807) is 0 Å². The molecule has 0 spiro atoms. The first-order valence-corrected chi connectivity index (χ1v) is 18.9. The van der Waals surface area contributed by atoms with Crippen molar-refractivity contribution in [3.05, 3.63) is 83.9 Å². The van der Waals surface area contributed by atoms with Crippen LogP contribution in [0.25, 0.3) is 11.1 Å². The summed E-state index contributed by atoms with van der Waals surface area (Å²) in [5.41, 5.74) is 3.72. The molecule has 0 aromatic heterocycles. The maximum Gasteiger partial charge on any atom is 0.343 e. The highest BCUT2D eigenvalue weighted by atomic mass is 16.5. The summed E-state index contributed by atoms with van der Waals surface area (Å²) < 4.78 is 17.4. The Hall–Kier alpha value is -3.11. The van der Waals surface area contributed by atoms with Crippen LogP contribution >= 0.6 is 0 Å². The second-order valence-corrected chi connectivity index (χ2v) is 13.1. The fourth-order valence-electron chi connectivity index (χ4n) is 5.92. The van der Waals surface area contributed by atoms with Crippen LogP contribution in [0.5, 0.6) is 11.5 Å². The number of hydrogen-bond donors (Lipinski definition) is 0. The highest BCUT2D eigenvalue weighted by Crippen LogP contribution is 2.25. The Labute approximate surface area is 286 Å². The molecule has 258 valence electrons. The Kier molecular flexibility index (Phi) is 19.7. The van der Waals surface area contributed by atoms with Crippen LogP contribution in [0.1, 0.15) is 158 Å². The summed E-state index contributed by atoms with van der Waals surface area (Å²) in [5, 5.41) is 0. The van der Waals surface area contributed by atoms with Gasteiger partial charge in [-0.05, 0) is 72.9 Å². The molecule has 3 rings (SSSR count). The van der Waals surface area contributed by atoms with E-state index in [1.165, 1.54) is 103 Å². The van der Waals surface area contributed by atoms with Gasteiger partial charge in [-0.3, -0.25) is 0 Å². The maximum absolute atomic E-state index is 12.8. The number of carbonyl (C=O) groups excluding carboxylic acids is 1. The Morgan fingerprint density at radius 2 is 0.957 bits per heavy atom. The van der Waals surface area contributed by atoms with E-state index in [9.17, 15) is 4.79 Å². The van der Waals surface area contributed by atoms with Gasteiger partial charge in [-0.2, -0.15) is 0 Å². The molecule has 0 aliphatic heterocycles. The van der Waals surface area contributed by atoms with E-state index in [0.717, 1.165) is 41.9 Å². The molecule has 0 fully saturated rings. The minimum atomic E-state index is -0.365. The van der Waals surface area contributed by atoms with Crippen LogP contribution in [0, 0.1) is 0 Å². The van der Waals surface area contributed by atoms with Crippen molar-refractivity contribution in [1.82, 2.24) is 0 Å². The number of hydrogen-bond acceptors (Lipinski definition) is 4. The van der Waals surface area contributed by atoms with Gasteiger partial charge >= 0.3 is 5.97 Å². The van der Waals surface area contributed by atoms with Crippen LogP contribution in [0.4, 0.5) is 0 Å². The zero-order chi connectivity index (χ0) is 33.4. The van der Waals surface area contributed by atoms with Gasteiger partial charge in [0.2, 0.25) is 0 Å². The lowest BCUT2D eigenvalue weighted by molar-refractivity contribution is 0.0627. The van der Waals surface area contributed by atoms with Gasteiger partial charge in [-0.15, -0.1) is 0 Å². The van der Waals surface area contributed by atoms with E-state index < -0.39 is 0 Å². The second-order valence-electron chi connectivity index (χ2n) is 13.1. The standard InChI is InChI=1S/C43H62O4/c1-4-6-7-8-9-10-11-12-13-14-15-16-17-18-19-20-21-35-45-36(3)37-26-32-42(33-27-37)47-43(44)40-24-22-38(23-25-40)39-28-30-41(31-29-39)46-34-5-2/h22-33,36H,4-21,34-35H2,1-3H3. The summed E-state index contributed by atoms with van der Waals surface area (Å²) in [6.07, 6.45) is 24.4. The first-order valence-electron chi connectivity index (χ1n) is 18.9. The van der Waals surface area contributed by atoms with Gasteiger partial charge < -0.3 is 14.2 Å². The zero-order valence-corrected chi connectivity index (χ0v) is 29.8. The fraction of sp³-hybridized carbons (Fsp3) is 0.558. The Morgan fingerprint density at radius 3 is 1.45 bits per heavy atom. The van der Waals surface area contributed by atoms with E-state index in [2.05, 4.69) is 20.8 Å². The molecular weight excluding hydrogens is 580 g/mol. The number of esters is 1. The largest absolute Gasteiger partial charge is 0.494 e. The molecule has 0 amide bonds. The van der Waals surface area contributed by atoms with Gasteiger partial charge in [0.05, 0.1) is 18.3 Å². The van der Waals surface area contributed by atoms with Crippen molar-refractivity contribution in [2.24, 2.45) is 0 Å². The molecule has 0 aliphatic rings. The molecule has 4 heteroatoms. The third-order valence-corrected chi connectivity index (χ3v) is 8.96. The monoisotopic (exact) mass is 642 g/mol. The molecule has 0 saturated heterocycles. The summed E-state index contributed by atoms with van der Waals surface area (Å²) in [6.45, 7) is 7.96. The van der Waals surface area contributed by atoms with Gasteiger partial charge in [-0.1, -0.05) is 153 Å². The Bertz CT molecular complexity index is 1200. The number of unbranched alkanes of at least 4 members (excludes halogenated alkanes) is 16.